The van der Waals surface area contributed by atoms with E-state index in [-0.39, 0.29) is 5.91 Å². The lowest BCUT2D eigenvalue weighted by atomic mass is 10.1. The lowest BCUT2D eigenvalue weighted by Gasteiger charge is -2.32. The van der Waals surface area contributed by atoms with E-state index in [4.69, 9.17) is 15.6 Å². The van der Waals surface area contributed by atoms with Crippen LogP contribution in [0.1, 0.15) is 15.9 Å². The molecule has 0 aliphatic carbocycles. The Morgan fingerprint density at radius 2 is 1.90 bits per heavy atom. The molecule has 1 aliphatic rings. The van der Waals surface area contributed by atoms with E-state index in [1.807, 2.05) is 29.2 Å². The predicted molar refractivity (Wildman–Crippen MR) is 117 cm³/mol. The average molecular weight is 404 g/mol. The molecule has 8 nitrogen and oxygen atoms in total. The Kier molecular flexibility index (Phi) is 5.49. The summed E-state index contributed by atoms with van der Waals surface area (Å²) in [6.07, 6.45) is 2.83. The van der Waals surface area contributed by atoms with Crippen LogP contribution in [0.25, 0.3) is 11.3 Å². The SMILES string of the molecule is CN1CCN(C(=O)c2ccc(-c3cnc(Nc4ccc(N)c(C=N)c4)o3)cc2)CC1. The maximum atomic E-state index is 12.7. The number of nitrogens with zero attached hydrogens (tertiary/aromatic N) is 3. The molecule has 0 saturated carbocycles. The molecule has 154 valence electrons. The highest BCUT2D eigenvalue weighted by Crippen LogP contribution is 2.26. The molecule has 4 N–H and O–H groups in total. The van der Waals surface area contributed by atoms with Crippen molar-refractivity contribution in [3.63, 3.8) is 0 Å². The van der Waals surface area contributed by atoms with E-state index in [2.05, 4.69) is 22.2 Å². The van der Waals surface area contributed by atoms with Gasteiger partial charge in [-0.3, -0.25) is 4.79 Å². The standard InChI is InChI=1S/C22H24N6O2/c1-27-8-10-28(11-9-27)21(29)16-4-2-15(3-5-16)20-14-25-22(30-20)26-18-6-7-19(24)17(12-18)13-23/h2-7,12-14,23H,8-11,24H2,1H3,(H,25,26). The van der Waals surface area contributed by atoms with Crippen LogP contribution in [0.15, 0.2) is 53.1 Å². The van der Waals surface area contributed by atoms with Crippen LogP contribution in [0.3, 0.4) is 0 Å². The fourth-order valence-corrected chi connectivity index (χ4v) is 3.34. The van der Waals surface area contributed by atoms with Gasteiger partial charge in [0.15, 0.2) is 5.76 Å². The maximum absolute atomic E-state index is 12.7. The number of piperazine rings is 1. The van der Waals surface area contributed by atoms with E-state index < -0.39 is 0 Å². The van der Waals surface area contributed by atoms with Crippen LogP contribution in [0.4, 0.5) is 17.4 Å². The summed E-state index contributed by atoms with van der Waals surface area (Å²) >= 11 is 0. The second kappa shape index (κ2) is 8.38. The van der Waals surface area contributed by atoms with Gasteiger partial charge < -0.3 is 30.7 Å². The summed E-state index contributed by atoms with van der Waals surface area (Å²) in [7, 11) is 2.07. The Morgan fingerprint density at radius 3 is 2.60 bits per heavy atom. The number of benzene rings is 2. The number of aromatic nitrogens is 1. The Morgan fingerprint density at radius 1 is 1.17 bits per heavy atom. The van der Waals surface area contributed by atoms with Gasteiger partial charge in [0.2, 0.25) is 0 Å². The van der Waals surface area contributed by atoms with E-state index >= 15 is 0 Å². The fourth-order valence-electron chi connectivity index (χ4n) is 3.34. The third-order valence-electron chi connectivity index (χ3n) is 5.21. The number of carbonyl (C=O) groups excluding carboxylic acids is 1. The number of oxazole rings is 1. The summed E-state index contributed by atoms with van der Waals surface area (Å²) < 4.78 is 5.79. The number of carbonyl (C=O) groups is 1. The van der Waals surface area contributed by atoms with Gasteiger partial charge in [0.05, 0.1) is 6.20 Å². The summed E-state index contributed by atoms with van der Waals surface area (Å²) in [6.45, 7) is 3.29. The minimum absolute atomic E-state index is 0.0555. The van der Waals surface area contributed by atoms with E-state index in [0.29, 0.717) is 28.6 Å². The predicted octanol–water partition coefficient (Wildman–Crippen LogP) is 3.05. The van der Waals surface area contributed by atoms with E-state index in [1.165, 1.54) is 6.21 Å². The summed E-state index contributed by atoms with van der Waals surface area (Å²) in [5.41, 5.74) is 9.20. The minimum Gasteiger partial charge on any atom is -0.423 e. The zero-order valence-corrected chi connectivity index (χ0v) is 16.8. The zero-order valence-electron chi connectivity index (χ0n) is 16.8. The van der Waals surface area contributed by atoms with Crippen molar-refractivity contribution in [2.75, 3.05) is 44.3 Å². The second-order valence-corrected chi connectivity index (χ2v) is 7.32. The molecule has 2 heterocycles. The average Bonchev–Trinajstić information content (AvgIpc) is 3.24. The number of nitrogens with one attached hydrogen (secondary N) is 2. The van der Waals surface area contributed by atoms with Crippen molar-refractivity contribution in [3.8, 4) is 11.3 Å². The van der Waals surface area contributed by atoms with Crippen molar-refractivity contribution in [1.82, 2.24) is 14.8 Å². The molecule has 0 bridgehead atoms. The van der Waals surface area contributed by atoms with Gasteiger partial charge in [-0.2, -0.15) is 0 Å². The summed E-state index contributed by atoms with van der Waals surface area (Å²) in [4.78, 5) is 21.0. The molecular formula is C22H24N6O2. The van der Waals surface area contributed by atoms with Gasteiger partial charge >= 0.3 is 0 Å². The highest BCUT2D eigenvalue weighted by atomic mass is 16.4. The molecule has 1 saturated heterocycles. The van der Waals surface area contributed by atoms with Crippen molar-refractivity contribution in [3.05, 3.63) is 59.8 Å². The first-order valence-corrected chi connectivity index (χ1v) is 9.74. The van der Waals surface area contributed by atoms with Crippen molar-refractivity contribution in [2.24, 2.45) is 0 Å². The Labute approximate surface area is 174 Å². The summed E-state index contributed by atoms with van der Waals surface area (Å²) in [5.74, 6) is 0.652. The third-order valence-corrected chi connectivity index (χ3v) is 5.21. The largest absolute Gasteiger partial charge is 0.423 e. The van der Waals surface area contributed by atoms with Crippen LogP contribution in [0.5, 0.6) is 0 Å². The van der Waals surface area contributed by atoms with Gasteiger partial charge in [-0.05, 0) is 37.4 Å². The molecule has 1 aromatic heterocycles. The number of amides is 1. The number of hydrogen-bond donors (Lipinski definition) is 3. The second-order valence-electron chi connectivity index (χ2n) is 7.32. The monoisotopic (exact) mass is 404 g/mol. The molecular weight excluding hydrogens is 380 g/mol. The molecule has 0 atom stereocenters. The first-order valence-electron chi connectivity index (χ1n) is 9.74. The van der Waals surface area contributed by atoms with Crippen LogP contribution < -0.4 is 11.1 Å². The molecule has 30 heavy (non-hydrogen) atoms. The van der Waals surface area contributed by atoms with Gasteiger partial charge in [0.25, 0.3) is 11.9 Å². The van der Waals surface area contributed by atoms with E-state index in [1.54, 1.807) is 24.4 Å². The van der Waals surface area contributed by atoms with Crippen molar-refractivity contribution in [1.29, 1.82) is 5.41 Å². The topological polar surface area (TPSA) is 111 Å². The zero-order chi connectivity index (χ0) is 21.1. The number of rotatable bonds is 5. The van der Waals surface area contributed by atoms with E-state index in [9.17, 15) is 4.79 Å². The van der Waals surface area contributed by atoms with Crippen LogP contribution in [0, 0.1) is 5.41 Å². The van der Waals surface area contributed by atoms with E-state index in [0.717, 1.165) is 37.4 Å². The Balaban J connectivity index is 1.44. The minimum atomic E-state index is 0.0555. The van der Waals surface area contributed by atoms with Gasteiger partial charge in [-0.25, -0.2) is 4.98 Å². The van der Waals surface area contributed by atoms with Crippen LogP contribution in [-0.2, 0) is 0 Å². The lowest BCUT2D eigenvalue weighted by molar-refractivity contribution is 0.0664. The first-order chi connectivity index (χ1) is 14.5. The number of nitrogen functional groups attached to an aromatic ring is 1. The lowest BCUT2D eigenvalue weighted by Crippen LogP contribution is -2.47. The fraction of sp³-hybridized carbons (Fsp3) is 0.227. The number of anilines is 3. The highest BCUT2D eigenvalue weighted by Gasteiger charge is 2.20. The Hall–Kier alpha value is -3.65. The number of nitrogens with two attached hydrogens (primary N) is 1. The Bertz CT molecular complexity index is 1050. The van der Waals surface area contributed by atoms with Gasteiger partial charge in [0.1, 0.15) is 0 Å². The van der Waals surface area contributed by atoms with Crippen molar-refractivity contribution >= 4 is 29.5 Å². The molecule has 8 heteroatoms. The summed E-state index contributed by atoms with van der Waals surface area (Å²) in [6, 6.07) is 13.0. The van der Waals surface area contributed by atoms with Gasteiger partial charge in [0, 0.05) is 60.5 Å². The molecule has 4 rings (SSSR count). The number of hydrogen-bond acceptors (Lipinski definition) is 7. The molecule has 1 amide bonds. The van der Waals surface area contributed by atoms with Crippen molar-refractivity contribution < 1.29 is 9.21 Å². The molecule has 0 radical (unpaired) electrons. The molecule has 1 fully saturated rings. The van der Waals surface area contributed by atoms with Crippen molar-refractivity contribution in [2.45, 2.75) is 0 Å². The smallest absolute Gasteiger partial charge is 0.299 e. The van der Waals surface area contributed by atoms with Crippen LogP contribution in [0.2, 0.25) is 0 Å². The van der Waals surface area contributed by atoms with Crippen LogP contribution in [-0.4, -0.2) is 60.1 Å². The molecule has 0 unspecified atom stereocenters. The molecule has 3 aromatic rings. The van der Waals surface area contributed by atoms with Crippen LogP contribution >= 0.6 is 0 Å². The van der Waals surface area contributed by atoms with Gasteiger partial charge in [-0.1, -0.05) is 12.1 Å². The first kappa shape index (κ1) is 19.7. The van der Waals surface area contributed by atoms with Gasteiger partial charge in [-0.15, -0.1) is 0 Å². The quantitative estimate of drug-likeness (QED) is 0.445. The molecule has 1 aliphatic heterocycles. The number of likely N-dealkylation sites (N-methyl/N-ethyl adjacent to an activating group) is 1. The molecule has 2 aromatic carbocycles. The summed E-state index contributed by atoms with van der Waals surface area (Å²) in [5, 5.41) is 10.5. The normalized spacial score (nSPS) is 14.5. The maximum Gasteiger partial charge on any atom is 0.299 e. The molecule has 0 spiro atoms. The third kappa shape index (κ3) is 4.18. The highest BCUT2D eigenvalue weighted by molar-refractivity contribution is 5.94.